The van der Waals surface area contributed by atoms with Crippen LogP contribution in [0.25, 0.3) is 0 Å². The highest BCUT2D eigenvalue weighted by Crippen LogP contribution is 2.48. The molecule has 0 aliphatic rings. The van der Waals surface area contributed by atoms with Crippen LogP contribution in [-0.2, 0) is 23.2 Å². The van der Waals surface area contributed by atoms with Crippen molar-refractivity contribution in [2.45, 2.75) is 113 Å². The van der Waals surface area contributed by atoms with Crippen molar-refractivity contribution in [3.8, 4) is 0 Å². The number of hydrogen-bond donors (Lipinski definition) is 2. The van der Waals surface area contributed by atoms with Gasteiger partial charge in [0, 0.05) is 24.7 Å². The summed E-state index contributed by atoms with van der Waals surface area (Å²) >= 11 is 1.87. The van der Waals surface area contributed by atoms with E-state index in [2.05, 4.69) is 20.8 Å². The van der Waals surface area contributed by atoms with E-state index in [0.29, 0.717) is 24.7 Å². The van der Waals surface area contributed by atoms with Crippen LogP contribution in [0.15, 0.2) is 0 Å². The van der Waals surface area contributed by atoms with Crippen LogP contribution in [0.4, 0.5) is 0 Å². The number of ketones is 2. The molecule has 0 aliphatic heterocycles. The Morgan fingerprint density at radius 1 is 0.939 bits per heavy atom. The molecular formula is C24H49O7PS. The van der Waals surface area contributed by atoms with E-state index in [4.69, 9.17) is 9.05 Å². The highest BCUT2D eigenvalue weighted by atomic mass is 32.2. The molecule has 0 aromatic carbocycles. The second-order valence-corrected chi connectivity index (χ2v) is 13.8. The van der Waals surface area contributed by atoms with Crippen molar-refractivity contribution in [1.29, 1.82) is 0 Å². The Labute approximate surface area is 206 Å². The maximum absolute atomic E-state index is 12.4. The number of aliphatic hydroxyl groups excluding tert-OH is 1. The van der Waals surface area contributed by atoms with Crippen LogP contribution >= 0.6 is 19.6 Å². The summed E-state index contributed by atoms with van der Waals surface area (Å²) in [4.78, 5) is 34.2. The van der Waals surface area contributed by atoms with Crippen LogP contribution in [0.5, 0.6) is 0 Å². The van der Waals surface area contributed by atoms with Gasteiger partial charge in [-0.15, -0.1) is 0 Å². The van der Waals surface area contributed by atoms with E-state index in [0.717, 1.165) is 24.3 Å². The van der Waals surface area contributed by atoms with Gasteiger partial charge in [-0.05, 0) is 57.0 Å². The largest absolute Gasteiger partial charge is 0.472 e. The Morgan fingerprint density at radius 2 is 1.48 bits per heavy atom. The van der Waals surface area contributed by atoms with Crippen LogP contribution < -0.4 is 0 Å². The third kappa shape index (κ3) is 18.7. The summed E-state index contributed by atoms with van der Waals surface area (Å²) in [6, 6.07) is 0. The molecule has 0 amide bonds. The van der Waals surface area contributed by atoms with Gasteiger partial charge in [0.2, 0.25) is 0 Å². The van der Waals surface area contributed by atoms with Crippen LogP contribution in [-0.4, -0.2) is 51.4 Å². The minimum atomic E-state index is -4.31. The smallest absolute Gasteiger partial charge is 0.385 e. The highest BCUT2D eigenvalue weighted by Gasteiger charge is 2.37. The molecule has 9 heteroatoms. The van der Waals surface area contributed by atoms with Gasteiger partial charge < -0.3 is 10.00 Å². The molecule has 7 nitrogen and oxygen atoms in total. The molecule has 2 N–H and O–H groups in total. The molecule has 0 saturated carbocycles. The SMILES string of the molecule is C.CC(C)(C)CCSCCCC(=O)CCCC(=O)C(O)C(C)(C)COP(=O)(O)OC(C)(C)C. The van der Waals surface area contributed by atoms with Gasteiger partial charge in [0.05, 0.1) is 12.2 Å². The predicted molar refractivity (Wildman–Crippen MR) is 138 cm³/mol. The lowest BCUT2D eigenvalue weighted by Gasteiger charge is -2.31. The average molecular weight is 513 g/mol. The molecule has 0 heterocycles. The maximum Gasteiger partial charge on any atom is 0.472 e. The van der Waals surface area contributed by atoms with Gasteiger partial charge in [0.15, 0.2) is 5.78 Å². The van der Waals surface area contributed by atoms with E-state index >= 15 is 0 Å². The standard InChI is InChI=1S/C23H45O7PS.CH4/c1-21(2,3)14-16-32-15-10-12-18(24)11-9-13-19(25)20(26)23(7,8)17-29-31(27,28)30-22(4,5)6;/h20,26H,9-17H2,1-8H3,(H,27,28);1H4. The molecule has 2 atom stereocenters. The summed E-state index contributed by atoms with van der Waals surface area (Å²) in [5, 5.41) is 10.4. The minimum absolute atomic E-state index is 0. The van der Waals surface area contributed by atoms with Crippen LogP contribution in [0.2, 0.25) is 0 Å². The zero-order valence-electron chi connectivity index (χ0n) is 21.2. The first-order chi connectivity index (χ1) is 14.3. The minimum Gasteiger partial charge on any atom is -0.385 e. The fourth-order valence-corrected chi connectivity index (χ4v) is 5.26. The molecule has 33 heavy (non-hydrogen) atoms. The van der Waals surface area contributed by atoms with E-state index in [9.17, 15) is 24.2 Å². The van der Waals surface area contributed by atoms with Gasteiger partial charge in [-0.2, -0.15) is 11.8 Å². The van der Waals surface area contributed by atoms with Crippen molar-refractivity contribution in [1.82, 2.24) is 0 Å². The summed E-state index contributed by atoms with van der Waals surface area (Å²) in [5.74, 6) is 1.78. The first kappa shape index (κ1) is 34.9. The number of rotatable bonds is 16. The highest BCUT2D eigenvalue weighted by molar-refractivity contribution is 7.99. The van der Waals surface area contributed by atoms with Crippen molar-refractivity contribution >= 4 is 31.2 Å². The lowest BCUT2D eigenvalue weighted by atomic mass is 9.84. The van der Waals surface area contributed by atoms with E-state index in [-0.39, 0.29) is 26.2 Å². The molecule has 198 valence electrons. The van der Waals surface area contributed by atoms with E-state index in [1.54, 1.807) is 34.6 Å². The summed E-state index contributed by atoms with van der Waals surface area (Å²) < 4.78 is 22.0. The predicted octanol–water partition coefficient (Wildman–Crippen LogP) is 6.20. The number of phosphoric ester groups is 1. The molecule has 0 aromatic heterocycles. The third-order valence-electron chi connectivity index (χ3n) is 4.65. The second-order valence-electron chi connectivity index (χ2n) is 11.2. The Bertz CT molecular complexity index is 636. The number of thioether (sulfide) groups is 1. The number of Topliss-reactive ketones (excluding diaryl/α,β-unsaturated/α-hetero) is 2. The fourth-order valence-electron chi connectivity index (χ4n) is 2.71. The quantitative estimate of drug-likeness (QED) is 0.186. The van der Waals surface area contributed by atoms with Gasteiger partial charge in [-0.25, -0.2) is 4.57 Å². The summed E-state index contributed by atoms with van der Waals surface area (Å²) in [5.41, 5.74) is -1.62. The Morgan fingerprint density at radius 3 is 2.00 bits per heavy atom. The van der Waals surface area contributed by atoms with Gasteiger partial charge in [0.1, 0.15) is 11.9 Å². The molecule has 0 aliphatic carbocycles. The van der Waals surface area contributed by atoms with Crippen LogP contribution in [0.1, 0.15) is 101 Å². The van der Waals surface area contributed by atoms with E-state index in [1.807, 2.05) is 11.8 Å². The van der Waals surface area contributed by atoms with Crippen molar-refractivity contribution in [3.05, 3.63) is 0 Å². The Hall–Kier alpha value is -0.240. The monoisotopic (exact) mass is 512 g/mol. The molecule has 0 saturated heterocycles. The zero-order chi connectivity index (χ0) is 25.2. The van der Waals surface area contributed by atoms with Gasteiger partial charge >= 0.3 is 7.82 Å². The first-order valence-corrected chi connectivity index (χ1v) is 14.0. The normalized spacial score (nSPS) is 15.5. The number of carbonyl (C=O) groups excluding carboxylic acids is 2. The van der Waals surface area contributed by atoms with E-state index < -0.39 is 30.7 Å². The van der Waals surface area contributed by atoms with E-state index in [1.165, 1.54) is 0 Å². The molecule has 0 aromatic rings. The Balaban J connectivity index is 0. The third-order valence-corrected chi connectivity index (χ3v) is 6.96. The van der Waals surface area contributed by atoms with Crippen molar-refractivity contribution in [3.63, 3.8) is 0 Å². The van der Waals surface area contributed by atoms with Gasteiger partial charge in [-0.3, -0.25) is 18.6 Å². The summed E-state index contributed by atoms with van der Waals surface area (Å²) in [6.45, 7) is 14.4. The molecule has 0 rings (SSSR count). The van der Waals surface area contributed by atoms with Crippen molar-refractivity contribution < 1.29 is 33.2 Å². The lowest BCUT2D eigenvalue weighted by molar-refractivity contribution is -0.135. The van der Waals surface area contributed by atoms with Gasteiger partial charge in [0.25, 0.3) is 0 Å². The fraction of sp³-hybridized carbons (Fsp3) is 0.917. The number of phosphoric acid groups is 1. The van der Waals surface area contributed by atoms with Crippen molar-refractivity contribution in [2.75, 3.05) is 18.1 Å². The molecule has 2 unspecified atom stereocenters. The first-order valence-electron chi connectivity index (χ1n) is 11.3. The molecular weight excluding hydrogens is 463 g/mol. The molecule has 0 spiro atoms. The lowest BCUT2D eigenvalue weighted by Crippen LogP contribution is -2.39. The van der Waals surface area contributed by atoms with Crippen LogP contribution in [0, 0.1) is 10.8 Å². The Kier molecular flexibility index (Phi) is 15.9. The summed E-state index contributed by atoms with van der Waals surface area (Å²) in [7, 11) is -4.31. The molecule has 0 bridgehead atoms. The number of hydrogen-bond acceptors (Lipinski definition) is 7. The average Bonchev–Trinajstić information content (AvgIpc) is 2.59. The topological polar surface area (TPSA) is 110 Å². The number of aliphatic hydroxyl groups is 1. The summed E-state index contributed by atoms with van der Waals surface area (Å²) in [6.07, 6.45) is 1.90. The molecule has 0 radical (unpaired) electrons. The maximum atomic E-state index is 12.4. The molecule has 0 fully saturated rings. The van der Waals surface area contributed by atoms with Crippen LogP contribution in [0.3, 0.4) is 0 Å². The number of carbonyl (C=O) groups is 2. The second kappa shape index (κ2) is 15.0. The van der Waals surface area contributed by atoms with Crippen molar-refractivity contribution in [2.24, 2.45) is 10.8 Å². The van der Waals surface area contributed by atoms with Gasteiger partial charge in [-0.1, -0.05) is 42.0 Å². The zero-order valence-corrected chi connectivity index (χ0v) is 22.9.